The molecule has 1 aliphatic rings. The Morgan fingerprint density at radius 2 is 2.25 bits per heavy atom. The fourth-order valence-corrected chi connectivity index (χ4v) is 1.47. The molecule has 1 unspecified atom stereocenters. The molecule has 0 bridgehead atoms. The lowest BCUT2D eigenvalue weighted by molar-refractivity contribution is 0.0317. The van der Waals surface area contributed by atoms with Crippen LogP contribution < -0.4 is 0 Å². The summed E-state index contributed by atoms with van der Waals surface area (Å²) in [5.74, 6) is 0. The summed E-state index contributed by atoms with van der Waals surface area (Å²) in [6.45, 7) is 2.08. The van der Waals surface area contributed by atoms with Gasteiger partial charge in [0.1, 0.15) is 12.2 Å². The summed E-state index contributed by atoms with van der Waals surface area (Å²) in [6, 6.07) is -0.273. The second-order valence-electron chi connectivity index (χ2n) is 3.34. The summed E-state index contributed by atoms with van der Waals surface area (Å²) in [5, 5.41) is 19.0. The van der Waals surface area contributed by atoms with E-state index in [1.165, 1.54) is 0 Å². The molecular formula is C8H17BO3. The minimum Gasteiger partial charge on any atom is -0.388 e. The van der Waals surface area contributed by atoms with Crippen molar-refractivity contribution in [1.29, 1.82) is 0 Å². The zero-order valence-corrected chi connectivity index (χ0v) is 7.44. The zero-order valence-electron chi connectivity index (χ0n) is 8.44. The van der Waals surface area contributed by atoms with Crippen LogP contribution in [0.3, 0.4) is 0 Å². The van der Waals surface area contributed by atoms with Crippen LogP contribution in [0, 0.1) is 0 Å². The van der Waals surface area contributed by atoms with E-state index in [1.54, 1.807) is 0 Å². The van der Waals surface area contributed by atoms with E-state index >= 15 is 0 Å². The standard InChI is InChI=1S/C8H17BO3/c1-3-4-9-8-7(11)6(10)5(2)12-8/h5-11H,3-4H2,1-2H3/t5-,6?,7+,8-/m1/s1/i2D. The highest BCUT2D eigenvalue weighted by molar-refractivity contribution is 6.37. The highest BCUT2D eigenvalue weighted by Gasteiger charge is 2.39. The normalized spacial score (nSPS) is 42.8. The molecule has 1 aliphatic heterocycles. The molecule has 3 nitrogen and oxygen atoms in total. The van der Waals surface area contributed by atoms with E-state index in [0.717, 1.165) is 20.0 Å². The summed E-state index contributed by atoms with van der Waals surface area (Å²) < 4.78 is 12.4. The highest BCUT2D eigenvalue weighted by atomic mass is 16.5. The number of hydrogen-bond donors (Lipinski definition) is 2. The van der Waals surface area contributed by atoms with E-state index in [2.05, 4.69) is 6.92 Å². The maximum Gasteiger partial charge on any atom is 0.161 e. The first-order valence-electron chi connectivity index (χ1n) is 5.22. The topological polar surface area (TPSA) is 49.7 Å². The Morgan fingerprint density at radius 1 is 1.50 bits per heavy atom. The summed E-state index contributed by atoms with van der Waals surface area (Å²) in [5.41, 5.74) is 0. The van der Waals surface area contributed by atoms with Gasteiger partial charge in [0.05, 0.1) is 12.1 Å². The first kappa shape index (κ1) is 8.54. The lowest BCUT2D eigenvalue weighted by Crippen LogP contribution is -2.34. The van der Waals surface area contributed by atoms with Crippen molar-refractivity contribution in [2.24, 2.45) is 0 Å². The number of aliphatic hydroxyl groups excluding tert-OH is 2. The van der Waals surface area contributed by atoms with Crippen LogP contribution in [0.2, 0.25) is 6.32 Å². The van der Waals surface area contributed by atoms with Crippen molar-refractivity contribution < 1.29 is 16.3 Å². The highest BCUT2D eigenvalue weighted by Crippen LogP contribution is 2.20. The molecule has 1 saturated heterocycles. The molecule has 2 N–H and O–H groups in total. The predicted molar refractivity (Wildman–Crippen MR) is 48.6 cm³/mol. The van der Waals surface area contributed by atoms with Crippen LogP contribution in [0.15, 0.2) is 0 Å². The molecular weight excluding hydrogens is 155 g/mol. The van der Waals surface area contributed by atoms with Gasteiger partial charge in [-0.3, -0.25) is 0 Å². The van der Waals surface area contributed by atoms with E-state index in [0.29, 0.717) is 0 Å². The second-order valence-corrected chi connectivity index (χ2v) is 3.34. The van der Waals surface area contributed by atoms with Crippen LogP contribution in [0.5, 0.6) is 0 Å². The van der Waals surface area contributed by atoms with Crippen LogP contribution in [0.25, 0.3) is 0 Å². The van der Waals surface area contributed by atoms with Gasteiger partial charge in [-0.25, -0.2) is 0 Å². The minimum absolute atomic E-state index is 0.0147. The third-order valence-electron chi connectivity index (χ3n) is 2.30. The summed E-state index contributed by atoms with van der Waals surface area (Å²) in [7, 11) is 0.769. The zero-order chi connectivity index (χ0) is 9.84. The fraction of sp³-hybridized carbons (Fsp3) is 1.00. The number of aliphatic hydroxyl groups is 2. The molecule has 0 radical (unpaired) electrons. The van der Waals surface area contributed by atoms with Gasteiger partial charge in [-0.1, -0.05) is 19.7 Å². The molecule has 0 spiro atoms. The van der Waals surface area contributed by atoms with E-state index in [1.807, 2.05) is 0 Å². The lowest BCUT2D eigenvalue weighted by Gasteiger charge is -2.12. The molecule has 1 fully saturated rings. The third-order valence-corrected chi connectivity index (χ3v) is 2.30. The molecule has 0 saturated carbocycles. The molecule has 0 amide bonds. The monoisotopic (exact) mass is 173 g/mol. The van der Waals surface area contributed by atoms with E-state index < -0.39 is 18.3 Å². The Bertz CT molecular complexity index is 158. The van der Waals surface area contributed by atoms with Crippen molar-refractivity contribution in [3.63, 3.8) is 0 Å². The van der Waals surface area contributed by atoms with Crippen molar-refractivity contribution in [2.45, 2.75) is 50.9 Å². The molecule has 0 aromatic rings. The smallest absolute Gasteiger partial charge is 0.161 e. The van der Waals surface area contributed by atoms with Gasteiger partial charge in [0.15, 0.2) is 7.28 Å². The maximum atomic E-state index is 9.53. The van der Waals surface area contributed by atoms with Gasteiger partial charge >= 0.3 is 0 Å². The van der Waals surface area contributed by atoms with Gasteiger partial charge in [-0.2, -0.15) is 0 Å². The summed E-state index contributed by atoms with van der Waals surface area (Å²) in [4.78, 5) is 0. The second kappa shape index (κ2) is 4.26. The molecule has 0 aromatic heterocycles. The van der Waals surface area contributed by atoms with Crippen molar-refractivity contribution >= 4 is 7.28 Å². The average Bonchev–Trinajstić information content (AvgIpc) is 2.41. The lowest BCUT2D eigenvalue weighted by atomic mass is 9.65. The molecule has 12 heavy (non-hydrogen) atoms. The number of rotatable bonds is 3. The number of hydrogen-bond acceptors (Lipinski definition) is 3. The van der Waals surface area contributed by atoms with Crippen LogP contribution >= 0.6 is 0 Å². The first-order chi connectivity index (χ1) is 6.20. The van der Waals surface area contributed by atoms with Gasteiger partial charge in [0.2, 0.25) is 0 Å². The van der Waals surface area contributed by atoms with Crippen LogP contribution in [-0.4, -0.2) is 41.8 Å². The Labute approximate surface area is 75.4 Å². The van der Waals surface area contributed by atoms with Crippen LogP contribution in [-0.2, 0) is 4.74 Å². The van der Waals surface area contributed by atoms with Gasteiger partial charge in [0, 0.05) is 1.37 Å². The summed E-state index contributed by atoms with van der Waals surface area (Å²) >= 11 is 0. The quantitative estimate of drug-likeness (QED) is 0.577. The molecule has 4 heteroatoms. The largest absolute Gasteiger partial charge is 0.388 e. The molecule has 1 heterocycles. The fourth-order valence-electron chi connectivity index (χ4n) is 1.47. The van der Waals surface area contributed by atoms with E-state index in [9.17, 15) is 10.2 Å². The van der Waals surface area contributed by atoms with Gasteiger partial charge in [-0.05, 0) is 6.90 Å². The van der Waals surface area contributed by atoms with E-state index in [-0.39, 0.29) is 12.9 Å². The molecule has 4 atom stereocenters. The van der Waals surface area contributed by atoms with Crippen molar-refractivity contribution in [3.8, 4) is 0 Å². The van der Waals surface area contributed by atoms with Crippen molar-refractivity contribution in [3.05, 3.63) is 0 Å². The first-order valence-corrected chi connectivity index (χ1v) is 4.51. The molecule has 1 rings (SSSR count). The third kappa shape index (κ3) is 2.00. The maximum absolute atomic E-state index is 9.53. The van der Waals surface area contributed by atoms with Gasteiger partial charge < -0.3 is 14.9 Å². The Morgan fingerprint density at radius 3 is 2.75 bits per heavy atom. The van der Waals surface area contributed by atoms with Crippen molar-refractivity contribution in [2.75, 3.05) is 0 Å². The Hall–Kier alpha value is -0.0551. The van der Waals surface area contributed by atoms with Crippen molar-refractivity contribution in [1.82, 2.24) is 0 Å². The Kier molecular flexibility index (Phi) is 3.03. The van der Waals surface area contributed by atoms with Crippen LogP contribution in [0.1, 0.15) is 21.6 Å². The van der Waals surface area contributed by atoms with Crippen LogP contribution in [0.4, 0.5) is 0 Å². The van der Waals surface area contributed by atoms with E-state index in [4.69, 9.17) is 6.11 Å². The average molecular weight is 173 g/mol. The Balaban J connectivity index is 2.40. The molecule has 0 aromatic carbocycles. The summed E-state index contributed by atoms with van der Waals surface area (Å²) in [6.07, 6.45) is -0.147. The predicted octanol–water partition coefficient (Wildman–Crippen LogP) is -0.282. The van der Waals surface area contributed by atoms with Gasteiger partial charge in [0.25, 0.3) is 0 Å². The van der Waals surface area contributed by atoms with Gasteiger partial charge in [-0.15, -0.1) is 0 Å². The molecule has 70 valence electrons. The number of ether oxygens (including phenoxy) is 1. The molecule has 0 aliphatic carbocycles. The SMILES string of the molecule is [2H]C[C@H]1O[C@@H](BCCC)[C@@H](O)C1O. The minimum atomic E-state index is -0.876.